The van der Waals surface area contributed by atoms with Crippen LogP contribution in [-0.4, -0.2) is 37.1 Å². The van der Waals surface area contributed by atoms with Crippen LogP contribution in [0, 0.1) is 18.7 Å². The summed E-state index contributed by atoms with van der Waals surface area (Å²) in [7, 11) is 1.61. The van der Waals surface area contributed by atoms with Crippen molar-refractivity contribution in [3.63, 3.8) is 0 Å². The van der Waals surface area contributed by atoms with Crippen molar-refractivity contribution in [2.45, 2.75) is 32.7 Å². The van der Waals surface area contributed by atoms with E-state index in [1.165, 1.54) is 6.07 Å². The molecule has 0 aliphatic heterocycles. The van der Waals surface area contributed by atoms with Crippen molar-refractivity contribution in [1.82, 2.24) is 4.90 Å². The van der Waals surface area contributed by atoms with Gasteiger partial charge in [0.25, 0.3) is 5.91 Å². The number of hydrogen-bond acceptors (Lipinski definition) is 2. The van der Waals surface area contributed by atoms with Crippen molar-refractivity contribution in [3.8, 4) is 0 Å². The third kappa shape index (κ3) is 3.37. The summed E-state index contributed by atoms with van der Waals surface area (Å²) in [6.07, 6.45) is 2.29. The summed E-state index contributed by atoms with van der Waals surface area (Å²) in [5.74, 6) is -0.141. The first kappa shape index (κ1) is 15.0. The van der Waals surface area contributed by atoms with Crippen LogP contribution in [-0.2, 0) is 4.74 Å². The number of ether oxygens (including phenoxy) is 1. The normalized spacial score (nSPS) is 16.0. The molecule has 1 atom stereocenters. The van der Waals surface area contributed by atoms with Crippen LogP contribution in [0.25, 0.3) is 0 Å². The summed E-state index contributed by atoms with van der Waals surface area (Å²) in [5.41, 5.74) is 1.05. The average molecular weight is 279 g/mol. The fourth-order valence-corrected chi connectivity index (χ4v) is 2.47. The van der Waals surface area contributed by atoms with Gasteiger partial charge in [0, 0.05) is 19.7 Å². The van der Waals surface area contributed by atoms with Crippen LogP contribution in [0.5, 0.6) is 0 Å². The van der Waals surface area contributed by atoms with Crippen LogP contribution < -0.4 is 0 Å². The predicted molar refractivity (Wildman–Crippen MR) is 76.2 cm³/mol. The first-order valence-corrected chi connectivity index (χ1v) is 7.10. The van der Waals surface area contributed by atoms with E-state index in [1.807, 2.05) is 13.8 Å². The third-order valence-electron chi connectivity index (χ3n) is 3.95. The number of carbonyl (C=O) groups excluding carboxylic acids is 1. The van der Waals surface area contributed by atoms with Crippen LogP contribution in [0.3, 0.4) is 0 Å². The fourth-order valence-electron chi connectivity index (χ4n) is 2.47. The van der Waals surface area contributed by atoms with Gasteiger partial charge < -0.3 is 9.64 Å². The molecule has 2 rings (SSSR count). The first-order chi connectivity index (χ1) is 9.54. The zero-order valence-electron chi connectivity index (χ0n) is 12.4. The largest absolute Gasteiger partial charge is 0.383 e. The number of rotatable bonds is 6. The minimum absolute atomic E-state index is 0.137. The number of hydrogen-bond donors (Lipinski definition) is 0. The van der Waals surface area contributed by atoms with Gasteiger partial charge in [-0.3, -0.25) is 4.79 Å². The molecule has 1 aromatic carbocycles. The monoisotopic (exact) mass is 279 g/mol. The molecular formula is C16H22FNO2. The smallest absolute Gasteiger partial charge is 0.257 e. The molecule has 1 fully saturated rings. The predicted octanol–water partition coefficient (Wildman–Crippen LogP) is 3.02. The molecule has 1 aliphatic rings. The molecule has 1 amide bonds. The van der Waals surface area contributed by atoms with Gasteiger partial charge in [-0.25, -0.2) is 4.39 Å². The van der Waals surface area contributed by atoms with E-state index in [0.29, 0.717) is 19.1 Å². The fraction of sp³-hybridized carbons (Fsp3) is 0.562. The number of nitrogens with zero attached hydrogens (tertiary/aromatic N) is 1. The Morgan fingerprint density at radius 3 is 2.80 bits per heavy atom. The molecule has 4 heteroatoms. The molecule has 1 unspecified atom stereocenters. The van der Waals surface area contributed by atoms with E-state index < -0.39 is 5.82 Å². The molecule has 0 saturated heterocycles. The zero-order valence-corrected chi connectivity index (χ0v) is 12.4. The SMILES string of the molecule is COCCN(C(=O)c1cc(C)ccc1F)C(C)C1CC1. The highest BCUT2D eigenvalue weighted by atomic mass is 19.1. The van der Waals surface area contributed by atoms with Crippen molar-refractivity contribution in [2.75, 3.05) is 20.3 Å². The van der Waals surface area contributed by atoms with E-state index >= 15 is 0 Å². The Balaban J connectivity index is 2.22. The van der Waals surface area contributed by atoms with E-state index in [1.54, 1.807) is 24.1 Å². The lowest BCUT2D eigenvalue weighted by atomic mass is 10.1. The minimum atomic E-state index is -0.453. The van der Waals surface area contributed by atoms with Crippen LogP contribution in [0.2, 0.25) is 0 Å². The van der Waals surface area contributed by atoms with Gasteiger partial charge >= 0.3 is 0 Å². The molecule has 1 aliphatic carbocycles. The van der Waals surface area contributed by atoms with Crippen molar-refractivity contribution in [2.24, 2.45) is 5.92 Å². The lowest BCUT2D eigenvalue weighted by molar-refractivity contribution is 0.0590. The van der Waals surface area contributed by atoms with Gasteiger partial charge in [0.15, 0.2) is 0 Å². The van der Waals surface area contributed by atoms with Crippen molar-refractivity contribution >= 4 is 5.91 Å². The van der Waals surface area contributed by atoms with Crippen molar-refractivity contribution in [1.29, 1.82) is 0 Å². The number of benzene rings is 1. The van der Waals surface area contributed by atoms with Crippen LogP contribution >= 0.6 is 0 Å². The number of methoxy groups -OCH3 is 1. The summed E-state index contributed by atoms with van der Waals surface area (Å²) < 4.78 is 19.0. The molecular weight excluding hydrogens is 257 g/mol. The summed E-state index contributed by atoms with van der Waals surface area (Å²) in [5, 5.41) is 0. The van der Waals surface area contributed by atoms with E-state index in [4.69, 9.17) is 4.74 Å². The molecule has 0 spiro atoms. The molecule has 110 valence electrons. The third-order valence-corrected chi connectivity index (χ3v) is 3.95. The molecule has 1 saturated carbocycles. The van der Waals surface area contributed by atoms with Crippen LogP contribution in [0.4, 0.5) is 4.39 Å². The highest BCUT2D eigenvalue weighted by Crippen LogP contribution is 2.35. The quantitative estimate of drug-likeness (QED) is 0.801. The van der Waals surface area contributed by atoms with Gasteiger partial charge in [0.05, 0.1) is 12.2 Å². The number of amides is 1. The van der Waals surface area contributed by atoms with Gasteiger partial charge in [-0.1, -0.05) is 11.6 Å². The average Bonchev–Trinajstić information content (AvgIpc) is 3.26. The second-order valence-electron chi connectivity index (χ2n) is 5.55. The Morgan fingerprint density at radius 1 is 1.50 bits per heavy atom. The van der Waals surface area contributed by atoms with E-state index in [0.717, 1.165) is 18.4 Å². The molecule has 0 heterocycles. The van der Waals surface area contributed by atoms with Crippen LogP contribution in [0.15, 0.2) is 18.2 Å². The lowest BCUT2D eigenvalue weighted by Crippen LogP contribution is -2.42. The molecule has 0 aromatic heterocycles. The molecule has 0 N–H and O–H groups in total. The Morgan fingerprint density at radius 2 is 2.20 bits per heavy atom. The number of carbonyl (C=O) groups is 1. The maximum absolute atomic E-state index is 13.9. The summed E-state index contributed by atoms with van der Waals surface area (Å²) in [6, 6.07) is 4.80. The summed E-state index contributed by atoms with van der Waals surface area (Å²) in [6.45, 7) is 4.87. The van der Waals surface area contributed by atoms with E-state index in [-0.39, 0.29) is 17.5 Å². The van der Waals surface area contributed by atoms with Crippen molar-refractivity contribution < 1.29 is 13.9 Å². The Hall–Kier alpha value is -1.42. The van der Waals surface area contributed by atoms with Gasteiger partial charge in [-0.15, -0.1) is 0 Å². The number of halogens is 1. The second kappa shape index (κ2) is 6.35. The molecule has 0 bridgehead atoms. The highest BCUT2D eigenvalue weighted by molar-refractivity contribution is 5.95. The lowest BCUT2D eigenvalue weighted by Gasteiger charge is -2.29. The van der Waals surface area contributed by atoms with Gasteiger partial charge in [-0.05, 0) is 44.7 Å². The van der Waals surface area contributed by atoms with Gasteiger partial charge in [0.2, 0.25) is 0 Å². The zero-order chi connectivity index (χ0) is 14.7. The second-order valence-corrected chi connectivity index (χ2v) is 5.55. The Kier molecular flexibility index (Phi) is 4.76. The summed E-state index contributed by atoms with van der Waals surface area (Å²) in [4.78, 5) is 14.4. The highest BCUT2D eigenvalue weighted by Gasteiger charge is 2.35. The molecule has 1 aromatic rings. The van der Waals surface area contributed by atoms with E-state index in [2.05, 4.69) is 0 Å². The topological polar surface area (TPSA) is 29.5 Å². The van der Waals surface area contributed by atoms with E-state index in [9.17, 15) is 9.18 Å². The summed E-state index contributed by atoms with van der Waals surface area (Å²) >= 11 is 0. The maximum Gasteiger partial charge on any atom is 0.257 e. The van der Waals surface area contributed by atoms with Gasteiger partial charge in [-0.2, -0.15) is 0 Å². The Bertz CT molecular complexity index is 485. The van der Waals surface area contributed by atoms with Crippen molar-refractivity contribution in [3.05, 3.63) is 35.1 Å². The van der Waals surface area contributed by atoms with Gasteiger partial charge in [0.1, 0.15) is 5.82 Å². The molecule has 3 nitrogen and oxygen atoms in total. The minimum Gasteiger partial charge on any atom is -0.383 e. The van der Waals surface area contributed by atoms with Crippen LogP contribution in [0.1, 0.15) is 35.7 Å². The molecule has 0 radical (unpaired) electrons. The standard InChI is InChI=1S/C16H22FNO2/c1-11-4-7-15(17)14(10-11)16(19)18(8-9-20-3)12(2)13-5-6-13/h4,7,10,12-13H,5-6,8-9H2,1-3H3. The maximum atomic E-state index is 13.9. The Labute approximate surface area is 119 Å². The number of aryl methyl sites for hydroxylation is 1. The first-order valence-electron chi connectivity index (χ1n) is 7.10. The molecule has 20 heavy (non-hydrogen) atoms.